The minimum Gasteiger partial charge on any atom is -0.496 e. The van der Waals surface area contributed by atoms with Crippen molar-refractivity contribution in [2.75, 3.05) is 26.7 Å². The summed E-state index contributed by atoms with van der Waals surface area (Å²) >= 11 is 0. The second-order valence-electron chi connectivity index (χ2n) is 12.4. The van der Waals surface area contributed by atoms with Crippen LogP contribution in [0.3, 0.4) is 0 Å². The highest BCUT2D eigenvalue weighted by atomic mass is 19.1. The number of nitrogens with two attached hydrogens (primary N) is 1. The summed E-state index contributed by atoms with van der Waals surface area (Å²) in [5.41, 5.74) is 8.84. The fraction of sp³-hybridized carbons (Fsp3) is 0.471. The van der Waals surface area contributed by atoms with E-state index in [0.717, 1.165) is 61.0 Å². The molecule has 1 aromatic heterocycles. The van der Waals surface area contributed by atoms with Crippen LogP contribution in [0.5, 0.6) is 5.75 Å². The lowest BCUT2D eigenvalue weighted by Crippen LogP contribution is -2.56. The Morgan fingerprint density at radius 1 is 1.05 bits per heavy atom. The molecule has 222 valence electrons. The maximum atomic E-state index is 14.1. The number of aromatic nitrogens is 1. The highest BCUT2D eigenvalue weighted by Gasteiger charge is 2.47. The molecular formula is C34H41FN4O3. The number of likely N-dealkylation sites (tertiary alicyclic amines) is 2. The fourth-order valence-corrected chi connectivity index (χ4v) is 7.68. The number of urea groups is 1. The van der Waals surface area contributed by atoms with Crippen LogP contribution in [0.2, 0.25) is 0 Å². The fourth-order valence-electron chi connectivity index (χ4n) is 7.68. The Morgan fingerprint density at radius 3 is 2.62 bits per heavy atom. The summed E-state index contributed by atoms with van der Waals surface area (Å²) in [6.07, 6.45) is 8.55. The number of para-hydroxylation sites is 1. The van der Waals surface area contributed by atoms with Crippen molar-refractivity contribution in [1.29, 1.82) is 0 Å². The first-order valence-corrected chi connectivity index (χ1v) is 15.3. The normalized spacial score (nSPS) is 23.7. The minimum absolute atomic E-state index is 0.00475. The number of piperidine rings is 2. The van der Waals surface area contributed by atoms with Crippen molar-refractivity contribution >= 4 is 6.03 Å². The SMILES string of the molecule is COc1ccccc1-c1ccn(C[C@@H]2CCN(C(=O)N3CC[C@@H](N)C[C@H]3c3cccc(F)c3)CC23CCCC3)c(=O)c1. The van der Waals surface area contributed by atoms with Gasteiger partial charge >= 0.3 is 6.03 Å². The van der Waals surface area contributed by atoms with Gasteiger partial charge in [-0.15, -0.1) is 0 Å². The molecule has 0 radical (unpaired) electrons. The van der Waals surface area contributed by atoms with E-state index in [-0.39, 0.29) is 34.9 Å². The summed E-state index contributed by atoms with van der Waals surface area (Å²) in [7, 11) is 1.64. The van der Waals surface area contributed by atoms with Gasteiger partial charge in [0.15, 0.2) is 0 Å². The maximum Gasteiger partial charge on any atom is 0.320 e. The van der Waals surface area contributed by atoms with Crippen LogP contribution in [0.15, 0.2) is 71.7 Å². The average Bonchev–Trinajstić information content (AvgIpc) is 3.47. The smallest absolute Gasteiger partial charge is 0.320 e. The number of halogens is 1. The highest BCUT2D eigenvalue weighted by molar-refractivity contribution is 5.75. The summed E-state index contributed by atoms with van der Waals surface area (Å²) < 4.78 is 21.5. The van der Waals surface area contributed by atoms with E-state index in [9.17, 15) is 14.0 Å². The first kappa shape index (κ1) is 28.5. The van der Waals surface area contributed by atoms with Gasteiger partial charge in [0.05, 0.1) is 13.2 Å². The Hall–Kier alpha value is -3.65. The van der Waals surface area contributed by atoms with E-state index in [1.54, 1.807) is 19.2 Å². The van der Waals surface area contributed by atoms with Gasteiger partial charge in [-0.25, -0.2) is 9.18 Å². The van der Waals surface area contributed by atoms with E-state index in [4.69, 9.17) is 10.5 Å². The second kappa shape index (κ2) is 11.9. The molecular weight excluding hydrogens is 531 g/mol. The Bertz CT molecular complexity index is 1480. The zero-order valence-electron chi connectivity index (χ0n) is 24.4. The van der Waals surface area contributed by atoms with Crippen LogP contribution < -0.4 is 16.0 Å². The standard InChI is InChI=1S/C34H41FN4O3/c1-42-31-10-3-2-9-29(31)24-11-16-37(32(40)20-24)22-26-12-17-38(23-34(26)14-4-5-15-34)33(41)39-18-13-28(36)21-30(39)25-7-6-8-27(35)19-25/h2-3,6-11,16,19-20,26,28,30H,4-5,12-15,17-18,21-23,36H2,1H3/t26-,28+,30-/m0/s1. The van der Waals surface area contributed by atoms with Crippen molar-refractivity contribution < 1.29 is 13.9 Å². The first-order chi connectivity index (χ1) is 20.4. The molecule has 2 aliphatic heterocycles. The molecule has 2 N–H and O–H groups in total. The lowest BCUT2D eigenvalue weighted by atomic mass is 9.69. The molecule has 3 aromatic rings. The Balaban J connectivity index is 1.20. The van der Waals surface area contributed by atoms with Gasteiger partial charge < -0.3 is 24.8 Å². The van der Waals surface area contributed by atoms with Gasteiger partial charge in [-0.2, -0.15) is 0 Å². The maximum absolute atomic E-state index is 14.1. The number of benzene rings is 2. The Morgan fingerprint density at radius 2 is 1.86 bits per heavy atom. The summed E-state index contributed by atoms with van der Waals surface area (Å²) in [5.74, 6) is 0.760. The van der Waals surface area contributed by atoms with Crippen molar-refractivity contribution in [3.8, 4) is 16.9 Å². The molecule has 1 spiro atoms. The van der Waals surface area contributed by atoms with Crippen molar-refractivity contribution in [3.05, 3.63) is 88.6 Å². The van der Waals surface area contributed by atoms with Gasteiger partial charge in [-0.3, -0.25) is 4.79 Å². The van der Waals surface area contributed by atoms with Crippen LogP contribution in [0.4, 0.5) is 9.18 Å². The van der Waals surface area contributed by atoms with Crippen molar-refractivity contribution in [2.24, 2.45) is 17.1 Å². The van der Waals surface area contributed by atoms with Crippen LogP contribution in [0.1, 0.15) is 56.6 Å². The lowest BCUT2D eigenvalue weighted by molar-refractivity contribution is 0.0215. The van der Waals surface area contributed by atoms with Gasteiger partial charge in [0.25, 0.3) is 5.56 Å². The molecule has 0 bridgehead atoms. The summed E-state index contributed by atoms with van der Waals surface area (Å²) in [4.78, 5) is 31.3. The van der Waals surface area contributed by atoms with Crippen molar-refractivity contribution in [1.82, 2.24) is 14.4 Å². The third kappa shape index (κ3) is 5.56. The van der Waals surface area contributed by atoms with Crippen LogP contribution in [0, 0.1) is 17.2 Å². The molecule has 6 rings (SSSR count). The van der Waals surface area contributed by atoms with Crippen LogP contribution in [-0.4, -0.2) is 53.2 Å². The number of rotatable bonds is 5. The largest absolute Gasteiger partial charge is 0.496 e. The number of nitrogens with zero attached hydrogens (tertiary/aromatic N) is 3. The zero-order valence-corrected chi connectivity index (χ0v) is 24.4. The van der Waals surface area contributed by atoms with E-state index in [1.165, 1.54) is 12.1 Å². The van der Waals surface area contributed by atoms with Gasteiger partial charge in [0.2, 0.25) is 0 Å². The number of hydrogen-bond donors (Lipinski definition) is 1. The first-order valence-electron chi connectivity index (χ1n) is 15.3. The number of hydrogen-bond acceptors (Lipinski definition) is 4. The van der Waals surface area contributed by atoms with Crippen LogP contribution in [0.25, 0.3) is 11.1 Å². The third-order valence-corrected chi connectivity index (χ3v) is 9.94. The molecule has 42 heavy (non-hydrogen) atoms. The third-order valence-electron chi connectivity index (χ3n) is 9.94. The number of carbonyl (C=O) groups excluding carboxylic acids is 1. The molecule has 7 nitrogen and oxygen atoms in total. The van der Waals surface area contributed by atoms with E-state index in [1.807, 2.05) is 57.0 Å². The molecule has 8 heteroatoms. The highest BCUT2D eigenvalue weighted by Crippen LogP contribution is 2.49. The molecule has 1 aliphatic carbocycles. The molecule has 3 atom stereocenters. The second-order valence-corrected chi connectivity index (χ2v) is 12.4. The van der Waals surface area contributed by atoms with E-state index >= 15 is 0 Å². The topological polar surface area (TPSA) is 80.8 Å². The summed E-state index contributed by atoms with van der Waals surface area (Å²) in [6.45, 7) is 2.57. The molecule has 3 fully saturated rings. The molecule has 3 heterocycles. The number of methoxy groups -OCH3 is 1. The number of amides is 2. The Labute approximate surface area is 247 Å². The number of pyridine rings is 1. The predicted octanol–water partition coefficient (Wildman–Crippen LogP) is 5.83. The molecule has 0 unspecified atom stereocenters. The predicted molar refractivity (Wildman–Crippen MR) is 162 cm³/mol. The van der Waals surface area contributed by atoms with Crippen LogP contribution in [-0.2, 0) is 6.54 Å². The van der Waals surface area contributed by atoms with E-state index in [0.29, 0.717) is 38.5 Å². The van der Waals surface area contributed by atoms with Gasteiger partial charge in [-0.05, 0) is 78.8 Å². The van der Waals surface area contributed by atoms with E-state index < -0.39 is 0 Å². The molecule has 2 amide bonds. The molecule has 2 saturated heterocycles. The molecule has 2 aromatic carbocycles. The lowest BCUT2D eigenvalue weighted by Gasteiger charge is -2.49. The van der Waals surface area contributed by atoms with Gasteiger partial charge in [-0.1, -0.05) is 43.2 Å². The minimum atomic E-state index is -0.295. The van der Waals surface area contributed by atoms with Crippen molar-refractivity contribution in [3.63, 3.8) is 0 Å². The van der Waals surface area contributed by atoms with Gasteiger partial charge in [0, 0.05) is 50.0 Å². The van der Waals surface area contributed by atoms with E-state index in [2.05, 4.69) is 0 Å². The van der Waals surface area contributed by atoms with Gasteiger partial charge in [0.1, 0.15) is 11.6 Å². The average molecular weight is 573 g/mol. The van der Waals surface area contributed by atoms with Crippen LogP contribution >= 0.6 is 0 Å². The number of carbonyl (C=O) groups is 1. The quantitative estimate of drug-likeness (QED) is 0.417. The summed E-state index contributed by atoms with van der Waals surface area (Å²) in [5, 5.41) is 0. The molecule has 1 saturated carbocycles. The monoisotopic (exact) mass is 572 g/mol. The Kier molecular flexibility index (Phi) is 8.08. The zero-order chi connectivity index (χ0) is 29.3. The number of ether oxygens (including phenoxy) is 1. The van der Waals surface area contributed by atoms with Crippen molar-refractivity contribution in [2.45, 2.75) is 63.6 Å². The summed E-state index contributed by atoms with van der Waals surface area (Å²) in [6, 6.07) is 17.8. The molecule has 3 aliphatic rings.